The number of allylic oxidation sites excluding steroid dienone is 9. The Morgan fingerprint density at radius 1 is 0.605 bits per heavy atom. The van der Waals surface area contributed by atoms with Gasteiger partial charge in [-0.05, 0) is 136 Å². The van der Waals surface area contributed by atoms with Crippen LogP contribution >= 0.6 is 0 Å². The quantitative estimate of drug-likeness (QED) is 0.0806. The lowest BCUT2D eigenvalue weighted by molar-refractivity contribution is 0.399. The summed E-state index contributed by atoms with van der Waals surface area (Å²) in [5, 5.41) is 42.0. The number of phenols is 3. The zero-order chi connectivity index (χ0) is 54.8. The van der Waals surface area contributed by atoms with Crippen LogP contribution in [-0.4, -0.2) is 39.2 Å². The minimum atomic E-state index is -0.180. The maximum absolute atomic E-state index is 10.6. The van der Waals surface area contributed by atoms with Crippen LogP contribution in [0, 0.1) is 6.92 Å². The van der Waals surface area contributed by atoms with Gasteiger partial charge >= 0.3 is 0 Å². The van der Waals surface area contributed by atoms with E-state index in [1.54, 1.807) is 24.9 Å². The fourth-order valence-electron chi connectivity index (χ4n) is 8.81. The molecule has 7 aromatic carbocycles. The van der Waals surface area contributed by atoms with Crippen LogP contribution in [0.15, 0.2) is 219 Å². The molecule has 0 atom stereocenters. The number of anilines is 5. The van der Waals surface area contributed by atoms with Gasteiger partial charge in [-0.25, -0.2) is 0 Å². The van der Waals surface area contributed by atoms with Gasteiger partial charge in [0, 0.05) is 70.2 Å². The summed E-state index contributed by atoms with van der Waals surface area (Å²) in [6.45, 7) is 15.2. The minimum Gasteiger partial charge on any atom is -0.507 e. The third-order valence-corrected chi connectivity index (χ3v) is 12.7. The summed E-state index contributed by atoms with van der Waals surface area (Å²) >= 11 is 0. The molecule has 392 valence electrons. The molecule has 0 amide bonds. The van der Waals surface area contributed by atoms with Gasteiger partial charge in [0.15, 0.2) is 0 Å². The molecule has 7 nitrogen and oxygen atoms in total. The van der Waals surface area contributed by atoms with E-state index in [-0.39, 0.29) is 22.9 Å². The Kier molecular flexibility index (Phi) is 23.5. The van der Waals surface area contributed by atoms with Crippen LogP contribution < -0.4 is 20.4 Å². The molecule has 2 aliphatic carbocycles. The van der Waals surface area contributed by atoms with Crippen LogP contribution in [0.1, 0.15) is 72.3 Å². The zero-order valence-electron chi connectivity index (χ0n) is 45.7. The molecule has 0 saturated carbocycles. The Hall–Kier alpha value is -8.52. The standard InChI is InChI=1S/C32H30N2O3.C24H19N.C6H10.C4H8.C2H6.CH4O/c1-20-29(35)19-30(36)31(32(20)37)33(2)24-12-8-9-21(17-24)22-15-16-26-25-13-6-7-14-27(25)34(28(26)18-22)23-10-4-3-5-11-23;1-4-10-20(11-5-1)21-16-18-24(19-17-21)25(22-12-6-2-7-13-22)23-14-8-3-9-15-23;1-3-5-6-4-2;1-3-4-2;2*1-2/h3-4,8-10,12-19,35-37H,5-7,11H2,1-2H3;1-19H;3,5-6H,1,4H2,2H3;3-4H,1-2H3;1-2H3;2H,1H3/b;;6-5-;4-3-;;. The normalized spacial score (nSPS) is 11.9. The smallest absolute Gasteiger partial charge is 0.149 e. The number of aliphatic hydroxyl groups is 1. The second kappa shape index (κ2) is 30.6. The van der Waals surface area contributed by atoms with E-state index in [9.17, 15) is 15.3 Å². The summed E-state index contributed by atoms with van der Waals surface area (Å²) in [7, 11) is 2.79. The maximum Gasteiger partial charge on any atom is 0.149 e. The number of aromatic hydroxyl groups is 3. The molecule has 1 aromatic heterocycles. The van der Waals surface area contributed by atoms with Crippen LogP contribution in [0.2, 0.25) is 0 Å². The van der Waals surface area contributed by atoms with E-state index in [4.69, 9.17) is 5.11 Å². The van der Waals surface area contributed by atoms with E-state index in [1.165, 1.54) is 44.4 Å². The van der Waals surface area contributed by atoms with Crippen molar-refractivity contribution in [3.63, 3.8) is 0 Å². The first-order valence-corrected chi connectivity index (χ1v) is 26.3. The first kappa shape index (κ1) is 58.4. The third-order valence-electron chi connectivity index (χ3n) is 12.7. The summed E-state index contributed by atoms with van der Waals surface area (Å²) in [6.07, 6.45) is 26.4. The van der Waals surface area contributed by atoms with E-state index in [0.29, 0.717) is 5.56 Å². The molecule has 8 aromatic rings. The average Bonchev–Trinajstić information content (AvgIpc) is 3.82. The Morgan fingerprint density at radius 2 is 1.14 bits per heavy atom. The third kappa shape index (κ3) is 14.8. The molecule has 10 rings (SSSR count). The molecular weight excluding hydrogens is 935 g/mol. The van der Waals surface area contributed by atoms with Gasteiger partial charge in [0.05, 0.1) is 5.52 Å². The van der Waals surface area contributed by atoms with E-state index in [1.807, 2.05) is 76.3 Å². The summed E-state index contributed by atoms with van der Waals surface area (Å²) in [5.74, 6) is -0.462. The van der Waals surface area contributed by atoms with Gasteiger partial charge in [-0.2, -0.15) is 0 Å². The Balaban J connectivity index is 0.000000235. The van der Waals surface area contributed by atoms with Crippen molar-refractivity contribution in [3.05, 3.63) is 235 Å². The number of nitrogens with zero attached hydrogens (tertiary/aromatic N) is 3. The highest BCUT2D eigenvalue weighted by atomic mass is 16.3. The summed E-state index contributed by atoms with van der Waals surface area (Å²) < 4.78 is 2.43. The van der Waals surface area contributed by atoms with Crippen molar-refractivity contribution in [2.75, 3.05) is 24.0 Å². The zero-order valence-corrected chi connectivity index (χ0v) is 45.7. The lowest BCUT2D eigenvalue weighted by atomic mass is 10.0. The fourth-order valence-corrected chi connectivity index (χ4v) is 8.81. The molecular formula is C69H77N3O4. The molecule has 0 spiro atoms. The molecule has 7 heteroatoms. The molecule has 0 saturated heterocycles. The highest BCUT2D eigenvalue weighted by molar-refractivity contribution is 5.91. The number of hydrogen-bond donors (Lipinski definition) is 4. The van der Waals surface area contributed by atoms with E-state index in [0.717, 1.165) is 73.1 Å². The van der Waals surface area contributed by atoms with Crippen LogP contribution in [0.3, 0.4) is 0 Å². The molecule has 0 fully saturated rings. The molecule has 1 heterocycles. The number of aliphatic hydroxyl groups excluding tert-OH is 1. The highest BCUT2D eigenvalue weighted by Gasteiger charge is 2.20. The number of benzene rings is 7. The van der Waals surface area contributed by atoms with Crippen molar-refractivity contribution in [3.8, 4) is 39.5 Å². The molecule has 2 aliphatic rings. The molecule has 4 N–H and O–H groups in total. The molecule has 0 bridgehead atoms. The van der Waals surface area contributed by atoms with Gasteiger partial charge in [-0.1, -0.05) is 185 Å². The van der Waals surface area contributed by atoms with Crippen LogP contribution in [0.4, 0.5) is 28.4 Å². The summed E-state index contributed by atoms with van der Waals surface area (Å²) in [4.78, 5) is 4.01. The Morgan fingerprint density at radius 3 is 1.71 bits per heavy atom. The fraction of sp³-hybridized carbons (Fsp3) is 0.188. The molecule has 0 aliphatic heterocycles. The Labute approximate surface area is 452 Å². The number of para-hydroxylation sites is 2. The van der Waals surface area contributed by atoms with Gasteiger partial charge in [-0.15, -0.1) is 0 Å². The van der Waals surface area contributed by atoms with E-state index in [2.05, 4.69) is 187 Å². The Bertz CT molecular complexity index is 3270. The minimum absolute atomic E-state index is 0.141. The maximum atomic E-state index is 10.6. The topological polar surface area (TPSA) is 92.3 Å². The monoisotopic (exact) mass is 1010 g/mol. The molecule has 0 unspecified atom stereocenters. The first-order valence-electron chi connectivity index (χ1n) is 26.3. The lowest BCUT2D eigenvalue weighted by Gasteiger charge is -2.25. The number of fused-ring (bicyclic) bond motifs is 3. The number of rotatable bonds is 10. The number of aromatic nitrogens is 1. The summed E-state index contributed by atoms with van der Waals surface area (Å²) in [5.41, 5.74) is 12.0. The molecule has 76 heavy (non-hydrogen) atoms. The van der Waals surface area contributed by atoms with Crippen LogP contribution in [0.25, 0.3) is 51.0 Å². The van der Waals surface area contributed by atoms with Crippen molar-refractivity contribution < 1.29 is 20.4 Å². The second-order valence-corrected chi connectivity index (χ2v) is 17.5. The number of hydrogen-bond acceptors (Lipinski definition) is 6. The predicted molar refractivity (Wildman–Crippen MR) is 328 cm³/mol. The number of phenolic OH excluding ortho intramolecular Hbond substituents is 3. The van der Waals surface area contributed by atoms with Gasteiger partial charge in [0.25, 0.3) is 0 Å². The largest absolute Gasteiger partial charge is 0.507 e. The second-order valence-electron chi connectivity index (χ2n) is 17.5. The predicted octanol–water partition coefficient (Wildman–Crippen LogP) is 17.2. The highest BCUT2D eigenvalue weighted by Crippen LogP contribution is 2.46. The van der Waals surface area contributed by atoms with Gasteiger partial charge < -0.3 is 34.8 Å². The van der Waals surface area contributed by atoms with Crippen LogP contribution in [-0.2, 0) is 0 Å². The van der Waals surface area contributed by atoms with Gasteiger partial charge in [0.2, 0.25) is 0 Å². The van der Waals surface area contributed by atoms with Crippen molar-refractivity contribution in [2.45, 2.75) is 73.6 Å². The molecule has 0 radical (unpaired) electrons. The van der Waals surface area contributed by atoms with Gasteiger partial charge in [-0.3, -0.25) is 0 Å². The SMILES string of the molecule is C/C=C\C.C=C/C=C\CC.CC.CO.Cc1c(O)cc(O)c(N(C)c2cccc(-c3ccc4c5c(n(C6=CC=CCC6)c4c3)=CCCC=5)c2)c1O.c1ccc(-c2ccc(N(c3ccccc3)c3ccccc3)cc2)cc1. The lowest BCUT2D eigenvalue weighted by Crippen LogP contribution is -2.30. The van der Waals surface area contributed by atoms with Crippen LogP contribution in [0.5, 0.6) is 17.2 Å². The average molecular weight is 1010 g/mol. The summed E-state index contributed by atoms with van der Waals surface area (Å²) in [6, 6.07) is 56.1. The van der Waals surface area contributed by atoms with Crippen molar-refractivity contribution in [1.82, 2.24) is 4.57 Å². The van der Waals surface area contributed by atoms with Crippen molar-refractivity contribution in [2.24, 2.45) is 0 Å². The van der Waals surface area contributed by atoms with E-state index < -0.39 is 0 Å². The first-order chi connectivity index (χ1) is 37.2. The van der Waals surface area contributed by atoms with Crippen molar-refractivity contribution >= 4 is 57.2 Å². The van der Waals surface area contributed by atoms with Gasteiger partial charge in [0.1, 0.15) is 22.9 Å². The van der Waals surface area contributed by atoms with E-state index >= 15 is 0 Å². The van der Waals surface area contributed by atoms with Crippen molar-refractivity contribution in [1.29, 1.82) is 0 Å².